The summed E-state index contributed by atoms with van der Waals surface area (Å²) in [5.74, 6) is -7.05. The van der Waals surface area contributed by atoms with Crippen molar-refractivity contribution in [3.8, 4) is 0 Å². The van der Waals surface area contributed by atoms with Gasteiger partial charge in [0.25, 0.3) is 0 Å². The Balaban J connectivity index is 1.94. The summed E-state index contributed by atoms with van der Waals surface area (Å²) in [5, 5.41) is 0. The van der Waals surface area contributed by atoms with Gasteiger partial charge in [-0.1, -0.05) is 25.1 Å². The highest BCUT2D eigenvalue weighted by molar-refractivity contribution is 5.89. The third-order valence-corrected chi connectivity index (χ3v) is 3.05. The zero-order valence-electron chi connectivity index (χ0n) is 10.1. The van der Waals surface area contributed by atoms with Crippen molar-refractivity contribution >= 4 is 11.9 Å². The van der Waals surface area contributed by atoms with Crippen molar-refractivity contribution in [2.24, 2.45) is 5.92 Å². The molecule has 1 aromatic carbocycles. The summed E-state index contributed by atoms with van der Waals surface area (Å²) in [6.07, 6.45) is -1.12. The van der Waals surface area contributed by atoms with E-state index in [2.05, 4.69) is 4.74 Å². The molecule has 0 aliphatic carbocycles. The Bertz CT molecular complexity index is 487. The number of hydrogen-bond acceptors (Lipinski definition) is 4. The van der Waals surface area contributed by atoms with E-state index < -0.39 is 29.9 Å². The lowest BCUT2D eigenvalue weighted by atomic mass is 10.0. The molecule has 1 heterocycles. The number of benzene rings is 1. The smallest absolute Gasteiger partial charge is 0.377 e. The van der Waals surface area contributed by atoms with E-state index in [1.54, 1.807) is 30.3 Å². The van der Waals surface area contributed by atoms with Crippen LogP contribution in [0.1, 0.15) is 17.3 Å². The summed E-state index contributed by atoms with van der Waals surface area (Å²) < 4.78 is 35.8. The summed E-state index contributed by atoms with van der Waals surface area (Å²) in [4.78, 5) is 22.5. The van der Waals surface area contributed by atoms with Gasteiger partial charge in [-0.2, -0.15) is 8.78 Å². The normalized spacial score (nSPS) is 24.9. The predicted molar refractivity (Wildman–Crippen MR) is 60.7 cm³/mol. The molecule has 1 aromatic rings. The van der Waals surface area contributed by atoms with E-state index in [0.717, 1.165) is 0 Å². The maximum Gasteiger partial charge on any atom is 0.377 e. The van der Waals surface area contributed by atoms with Crippen LogP contribution in [-0.2, 0) is 14.3 Å². The minimum Gasteiger partial charge on any atom is -0.458 e. The molecule has 0 radical (unpaired) electrons. The minimum atomic E-state index is -3.52. The van der Waals surface area contributed by atoms with E-state index in [-0.39, 0.29) is 6.61 Å². The van der Waals surface area contributed by atoms with Crippen molar-refractivity contribution in [3.63, 3.8) is 0 Å². The van der Waals surface area contributed by atoms with E-state index >= 15 is 0 Å². The molecule has 19 heavy (non-hydrogen) atoms. The quantitative estimate of drug-likeness (QED) is 0.789. The largest absolute Gasteiger partial charge is 0.458 e. The minimum absolute atomic E-state index is 0.311. The predicted octanol–water partition coefficient (Wildman–Crippen LogP) is 2.04. The van der Waals surface area contributed by atoms with E-state index in [1.807, 2.05) is 0 Å². The van der Waals surface area contributed by atoms with Crippen LogP contribution in [0.2, 0.25) is 0 Å². The summed E-state index contributed by atoms with van der Waals surface area (Å²) in [7, 11) is 0. The van der Waals surface area contributed by atoms with Crippen molar-refractivity contribution in [2.75, 3.05) is 6.61 Å². The molecule has 2 rings (SSSR count). The molecule has 0 unspecified atom stereocenters. The maximum absolute atomic E-state index is 13.2. The number of cyclic esters (lactones) is 1. The van der Waals surface area contributed by atoms with Crippen molar-refractivity contribution < 1.29 is 27.8 Å². The Kier molecular flexibility index (Phi) is 3.50. The van der Waals surface area contributed by atoms with Gasteiger partial charge >= 0.3 is 17.9 Å². The Labute approximate surface area is 108 Å². The Hall–Kier alpha value is -1.98. The van der Waals surface area contributed by atoms with E-state index in [0.29, 0.717) is 5.56 Å². The molecule has 4 nitrogen and oxygen atoms in total. The zero-order valence-corrected chi connectivity index (χ0v) is 10.1. The number of halogens is 2. The van der Waals surface area contributed by atoms with Crippen LogP contribution in [0.5, 0.6) is 0 Å². The van der Waals surface area contributed by atoms with Crippen molar-refractivity contribution in [1.82, 2.24) is 0 Å². The molecule has 1 aliphatic rings. The lowest BCUT2D eigenvalue weighted by Gasteiger charge is -2.15. The van der Waals surface area contributed by atoms with Crippen LogP contribution in [0, 0.1) is 5.92 Å². The fourth-order valence-electron chi connectivity index (χ4n) is 1.73. The number of esters is 2. The van der Waals surface area contributed by atoms with E-state index in [9.17, 15) is 18.4 Å². The molecule has 0 spiro atoms. The lowest BCUT2D eigenvalue weighted by molar-refractivity contribution is -0.160. The van der Waals surface area contributed by atoms with Crippen LogP contribution in [0.4, 0.5) is 8.78 Å². The first-order valence-electron chi connectivity index (χ1n) is 5.74. The Morgan fingerprint density at radius 3 is 2.53 bits per heavy atom. The average molecular weight is 270 g/mol. The fourth-order valence-corrected chi connectivity index (χ4v) is 1.73. The lowest BCUT2D eigenvalue weighted by Crippen LogP contribution is -2.32. The van der Waals surface area contributed by atoms with Crippen LogP contribution in [0.25, 0.3) is 0 Å². The van der Waals surface area contributed by atoms with Crippen LogP contribution in [-0.4, -0.2) is 30.6 Å². The monoisotopic (exact) mass is 270 g/mol. The molecule has 1 fully saturated rings. The van der Waals surface area contributed by atoms with Crippen LogP contribution >= 0.6 is 0 Å². The Morgan fingerprint density at radius 1 is 1.37 bits per heavy atom. The molecule has 0 bridgehead atoms. The summed E-state index contributed by atoms with van der Waals surface area (Å²) in [6, 6.07) is 8.13. The first-order valence-corrected chi connectivity index (χ1v) is 5.74. The number of alkyl halides is 2. The first-order chi connectivity index (χ1) is 8.93. The molecule has 0 aromatic heterocycles. The number of carbonyl (C=O) groups excluding carboxylic acids is 2. The number of ether oxygens (including phenoxy) is 2. The van der Waals surface area contributed by atoms with E-state index in [4.69, 9.17) is 4.74 Å². The highest BCUT2D eigenvalue weighted by atomic mass is 19.3. The van der Waals surface area contributed by atoms with Crippen molar-refractivity contribution in [2.45, 2.75) is 19.0 Å². The molecule has 0 amide bonds. The molecule has 1 saturated heterocycles. The van der Waals surface area contributed by atoms with Gasteiger partial charge in [0, 0.05) is 0 Å². The number of carbonyl (C=O) groups is 2. The molecular formula is C13H12F2O4. The second-order valence-corrected chi connectivity index (χ2v) is 4.32. The van der Waals surface area contributed by atoms with Crippen LogP contribution in [0.3, 0.4) is 0 Å². The first kappa shape index (κ1) is 13.5. The van der Waals surface area contributed by atoms with Gasteiger partial charge in [-0.15, -0.1) is 0 Å². The van der Waals surface area contributed by atoms with Gasteiger partial charge in [0.15, 0.2) is 0 Å². The Morgan fingerprint density at radius 2 is 2.00 bits per heavy atom. The van der Waals surface area contributed by atoms with Gasteiger partial charge in [-0.25, -0.2) is 9.59 Å². The zero-order chi connectivity index (χ0) is 14.0. The van der Waals surface area contributed by atoms with Gasteiger partial charge in [0.1, 0.15) is 12.7 Å². The molecule has 6 heteroatoms. The SMILES string of the molecule is C[C@@H]1[C@@H](COC(=O)c2ccccc2)OC(=O)C1(F)F. The van der Waals surface area contributed by atoms with Crippen LogP contribution in [0.15, 0.2) is 30.3 Å². The summed E-state index contributed by atoms with van der Waals surface area (Å²) in [5.41, 5.74) is 0.311. The standard InChI is InChI=1S/C13H12F2O4/c1-8-10(19-12(17)13(8,14)15)7-18-11(16)9-5-3-2-4-6-9/h2-6,8,10H,7H2,1H3/t8-,10-/m1/s1. The third kappa shape index (κ3) is 2.57. The van der Waals surface area contributed by atoms with Gasteiger partial charge in [-0.05, 0) is 12.1 Å². The van der Waals surface area contributed by atoms with Crippen LogP contribution < -0.4 is 0 Å². The van der Waals surface area contributed by atoms with Gasteiger partial charge in [0.05, 0.1) is 11.5 Å². The number of rotatable bonds is 3. The molecule has 0 N–H and O–H groups in total. The highest BCUT2D eigenvalue weighted by Crippen LogP contribution is 2.36. The molecule has 1 aliphatic heterocycles. The highest BCUT2D eigenvalue weighted by Gasteiger charge is 2.57. The number of hydrogen-bond donors (Lipinski definition) is 0. The summed E-state index contributed by atoms with van der Waals surface area (Å²) in [6.45, 7) is 0.808. The molecule has 102 valence electrons. The summed E-state index contributed by atoms with van der Waals surface area (Å²) >= 11 is 0. The molecule has 0 saturated carbocycles. The second-order valence-electron chi connectivity index (χ2n) is 4.32. The van der Waals surface area contributed by atoms with Gasteiger partial charge in [-0.3, -0.25) is 0 Å². The third-order valence-electron chi connectivity index (χ3n) is 3.05. The topological polar surface area (TPSA) is 52.6 Å². The fraction of sp³-hybridized carbons (Fsp3) is 0.385. The van der Waals surface area contributed by atoms with Crippen molar-refractivity contribution in [1.29, 1.82) is 0 Å². The second kappa shape index (κ2) is 4.95. The van der Waals surface area contributed by atoms with Gasteiger partial charge in [0.2, 0.25) is 0 Å². The average Bonchev–Trinajstić information content (AvgIpc) is 2.60. The molecular weight excluding hydrogens is 258 g/mol. The maximum atomic E-state index is 13.2. The van der Waals surface area contributed by atoms with E-state index in [1.165, 1.54) is 6.92 Å². The van der Waals surface area contributed by atoms with Crippen molar-refractivity contribution in [3.05, 3.63) is 35.9 Å². The van der Waals surface area contributed by atoms with Gasteiger partial charge < -0.3 is 9.47 Å². The molecule has 2 atom stereocenters.